The minimum atomic E-state index is -0.766. The van der Waals surface area contributed by atoms with E-state index in [1.54, 1.807) is 0 Å². The zero-order valence-corrected chi connectivity index (χ0v) is 14.5. The molecule has 2 aromatic rings. The Balaban J connectivity index is 1.35. The van der Waals surface area contributed by atoms with Gasteiger partial charge in [-0.3, -0.25) is 9.59 Å². The average molecular weight is 339 g/mol. The quantitative estimate of drug-likeness (QED) is 0.823. The minimum absolute atomic E-state index is 0.0526. The fraction of sp³-hybridized carbons (Fsp3) is 0.500. The highest BCUT2D eigenvalue weighted by Gasteiger charge is 2.57. The van der Waals surface area contributed by atoms with Crippen LogP contribution in [0.3, 0.4) is 0 Å². The molecule has 1 saturated carbocycles. The van der Waals surface area contributed by atoms with Gasteiger partial charge in [-0.2, -0.15) is 0 Å². The Bertz CT molecular complexity index is 785. The monoisotopic (exact) mass is 339 g/mol. The summed E-state index contributed by atoms with van der Waals surface area (Å²) >= 11 is 0. The number of hydrogen-bond acceptors (Lipinski definition) is 2. The van der Waals surface area contributed by atoms with E-state index in [4.69, 9.17) is 0 Å². The Labute approximate surface area is 147 Å². The van der Waals surface area contributed by atoms with Crippen molar-refractivity contribution in [1.29, 1.82) is 0 Å². The van der Waals surface area contributed by atoms with Gasteiger partial charge in [-0.15, -0.1) is 0 Å². The number of H-pyrrole nitrogens is 1. The lowest BCUT2D eigenvalue weighted by atomic mass is 10.0. The van der Waals surface area contributed by atoms with E-state index < -0.39 is 5.41 Å². The third-order valence-electron chi connectivity index (χ3n) is 5.59. The Morgan fingerprint density at radius 3 is 2.64 bits per heavy atom. The molecule has 2 fully saturated rings. The number of nitrogens with one attached hydrogen (secondary N) is 2. The summed E-state index contributed by atoms with van der Waals surface area (Å²) in [5.41, 5.74) is 1.54. The first-order chi connectivity index (χ1) is 12.2. The predicted molar refractivity (Wildman–Crippen MR) is 97.1 cm³/mol. The van der Waals surface area contributed by atoms with Crippen molar-refractivity contribution >= 4 is 22.7 Å². The van der Waals surface area contributed by atoms with Crippen LogP contribution in [0.5, 0.6) is 0 Å². The summed E-state index contributed by atoms with van der Waals surface area (Å²) in [5.74, 6) is -0.0280. The normalized spacial score (nSPS) is 19.0. The first-order valence-electron chi connectivity index (χ1n) is 9.33. The Hall–Kier alpha value is -2.30. The number of aromatic nitrogens is 1. The summed E-state index contributed by atoms with van der Waals surface area (Å²) in [6.07, 6.45) is 7.47. The van der Waals surface area contributed by atoms with Gasteiger partial charge in [-0.25, -0.2) is 0 Å². The Morgan fingerprint density at radius 2 is 1.88 bits per heavy atom. The summed E-state index contributed by atoms with van der Waals surface area (Å²) in [5, 5.41) is 4.20. The SMILES string of the molecule is O=C(NCCc1c[nH]c2ccccc12)C1(C(=O)N2CCCCC2)CC1. The molecule has 0 unspecified atom stereocenters. The van der Waals surface area contributed by atoms with E-state index in [1.807, 2.05) is 29.3 Å². The lowest BCUT2D eigenvalue weighted by Gasteiger charge is -2.30. The molecule has 0 bridgehead atoms. The molecule has 5 heteroatoms. The number of carbonyl (C=O) groups excluding carboxylic acids is 2. The average Bonchev–Trinajstić information content (AvgIpc) is 3.38. The number of para-hydroxylation sites is 1. The maximum atomic E-state index is 12.8. The first kappa shape index (κ1) is 16.2. The van der Waals surface area contributed by atoms with Crippen LogP contribution in [0.4, 0.5) is 0 Å². The molecule has 5 nitrogen and oxygen atoms in total. The molecule has 2 N–H and O–H groups in total. The van der Waals surface area contributed by atoms with Crippen molar-refractivity contribution in [3.05, 3.63) is 36.0 Å². The number of fused-ring (bicyclic) bond motifs is 1. The molecule has 1 aliphatic carbocycles. The summed E-state index contributed by atoms with van der Waals surface area (Å²) in [4.78, 5) is 30.5. The summed E-state index contributed by atoms with van der Waals surface area (Å²) in [6, 6.07) is 8.17. The Morgan fingerprint density at radius 1 is 1.12 bits per heavy atom. The standard InChI is InChI=1S/C20H25N3O2/c24-18(20(9-10-20)19(25)23-12-4-1-5-13-23)21-11-8-15-14-22-17-7-3-2-6-16(15)17/h2-3,6-7,14,22H,1,4-5,8-13H2,(H,21,24). The number of nitrogens with zero attached hydrogens (tertiary/aromatic N) is 1. The lowest BCUT2D eigenvalue weighted by Crippen LogP contribution is -2.47. The van der Waals surface area contributed by atoms with Crippen molar-refractivity contribution in [3.63, 3.8) is 0 Å². The number of likely N-dealkylation sites (tertiary alicyclic amines) is 1. The molecule has 0 spiro atoms. The second-order valence-electron chi connectivity index (χ2n) is 7.30. The fourth-order valence-corrected chi connectivity index (χ4v) is 3.88. The van der Waals surface area contributed by atoms with E-state index in [1.165, 1.54) is 17.4 Å². The summed E-state index contributed by atoms with van der Waals surface area (Å²) < 4.78 is 0. The molecule has 1 aliphatic heterocycles. The van der Waals surface area contributed by atoms with Crippen LogP contribution in [0.2, 0.25) is 0 Å². The summed E-state index contributed by atoms with van der Waals surface area (Å²) in [6.45, 7) is 2.18. The van der Waals surface area contributed by atoms with Crippen molar-refractivity contribution in [2.75, 3.05) is 19.6 Å². The number of rotatable bonds is 5. The maximum absolute atomic E-state index is 12.8. The van der Waals surface area contributed by atoms with Crippen LogP contribution >= 0.6 is 0 Å². The fourth-order valence-electron chi connectivity index (χ4n) is 3.88. The van der Waals surface area contributed by atoms with Crippen LogP contribution in [-0.2, 0) is 16.0 Å². The third-order valence-corrected chi connectivity index (χ3v) is 5.59. The number of hydrogen-bond donors (Lipinski definition) is 2. The van der Waals surface area contributed by atoms with E-state index >= 15 is 0 Å². The van der Waals surface area contributed by atoms with Gasteiger partial charge in [0.05, 0.1) is 0 Å². The van der Waals surface area contributed by atoms with E-state index in [-0.39, 0.29) is 11.8 Å². The number of benzene rings is 1. The van der Waals surface area contributed by atoms with Crippen LogP contribution in [0, 0.1) is 5.41 Å². The van der Waals surface area contributed by atoms with E-state index in [0.29, 0.717) is 19.4 Å². The highest BCUT2D eigenvalue weighted by Crippen LogP contribution is 2.47. The van der Waals surface area contributed by atoms with Crippen molar-refractivity contribution in [2.24, 2.45) is 5.41 Å². The second-order valence-corrected chi connectivity index (χ2v) is 7.30. The third kappa shape index (κ3) is 3.03. The van der Waals surface area contributed by atoms with E-state index in [0.717, 1.165) is 37.9 Å². The summed E-state index contributed by atoms with van der Waals surface area (Å²) in [7, 11) is 0. The minimum Gasteiger partial charge on any atom is -0.361 e. The molecule has 2 heterocycles. The smallest absolute Gasteiger partial charge is 0.238 e. The number of piperidine rings is 1. The van der Waals surface area contributed by atoms with Crippen molar-refractivity contribution in [1.82, 2.24) is 15.2 Å². The first-order valence-corrected chi connectivity index (χ1v) is 9.33. The van der Waals surface area contributed by atoms with Crippen LogP contribution in [0.15, 0.2) is 30.5 Å². The van der Waals surface area contributed by atoms with E-state index in [9.17, 15) is 9.59 Å². The second kappa shape index (κ2) is 6.54. The molecule has 2 aliphatic rings. The van der Waals surface area contributed by atoms with Gasteiger partial charge < -0.3 is 15.2 Å². The lowest BCUT2D eigenvalue weighted by molar-refractivity contribution is -0.144. The maximum Gasteiger partial charge on any atom is 0.238 e. The number of amides is 2. The molecular formula is C20H25N3O2. The van der Waals surface area contributed by atoms with E-state index in [2.05, 4.69) is 16.4 Å². The van der Waals surface area contributed by atoms with Crippen LogP contribution in [-0.4, -0.2) is 41.3 Å². The van der Waals surface area contributed by atoms with Gasteiger partial charge in [0, 0.05) is 36.7 Å². The Kier molecular flexibility index (Phi) is 4.24. The zero-order chi connectivity index (χ0) is 17.3. The molecule has 1 saturated heterocycles. The van der Waals surface area contributed by atoms with Gasteiger partial charge in [-0.05, 0) is 50.2 Å². The molecular weight excluding hydrogens is 314 g/mol. The largest absolute Gasteiger partial charge is 0.361 e. The highest BCUT2D eigenvalue weighted by molar-refractivity contribution is 6.07. The van der Waals surface area contributed by atoms with Gasteiger partial charge in [0.2, 0.25) is 11.8 Å². The topological polar surface area (TPSA) is 65.2 Å². The number of aromatic amines is 1. The molecule has 2 amide bonds. The van der Waals surface area contributed by atoms with Crippen LogP contribution < -0.4 is 5.32 Å². The van der Waals surface area contributed by atoms with Crippen molar-refractivity contribution in [3.8, 4) is 0 Å². The number of carbonyl (C=O) groups is 2. The molecule has 132 valence electrons. The molecule has 0 radical (unpaired) electrons. The highest BCUT2D eigenvalue weighted by atomic mass is 16.2. The molecule has 0 atom stereocenters. The van der Waals surface area contributed by atoms with Crippen LogP contribution in [0.25, 0.3) is 10.9 Å². The van der Waals surface area contributed by atoms with Gasteiger partial charge >= 0.3 is 0 Å². The van der Waals surface area contributed by atoms with Gasteiger partial charge in [0.1, 0.15) is 5.41 Å². The van der Waals surface area contributed by atoms with Crippen molar-refractivity contribution in [2.45, 2.75) is 38.5 Å². The molecule has 1 aromatic carbocycles. The van der Waals surface area contributed by atoms with Gasteiger partial charge in [0.25, 0.3) is 0 Å². The van der Waals surface area contributed by atoms with Gasteiger partial charge in [-0.1, -0.05) is 18.2 Å². The van der Waals surface area contributed by atoms with Crippen LogP contribution in [0.1, 0.15) is 37.7 Å². The van der Waals surface area contributed by atoms with Gasteiger partial charge in [0.15, 0.2) is 0 Å². The molecule has 1 aromatic heterocycles. The zero-order valence-electron chi connectivity index (χ0n) is 14.5. The molecule has 4 rings (SSSR count). The molecule has 25 heavy (non-hydrogen) atoms. The van der Waals surface area contributed by atoms with Crippen molar-refractivity contribution < 1.29 is 9.59 Å². The predicted octanol–water partition coefficient (Wildman–Crippen LogP) is 2.62.